The Bertz CT molecular complexity index is 868. The lowest BCUT2D eigenvalue weighted by atomic mass is 10.1. The fraction of sp³-hybridized carbons (Fsp3) is 0.500. The van der Waals surface area contributed by atoms with Crippen LogP contribution in [0.4, 0.5) is 0 Å². The second-order valence-electron chi connectivity index (χ2n) is 7.69. The minimum absolute atomic E-state index is 0. The van der Waals surface area contributed by atoms with Crippen molar-refractivity contribution < 1.29 is 13.9 Å². The Morgan fingerprint density at radius 1 is 1.13 bits per heavy atom. The number of oxazole rings is 1. The summed E-state index contributed by atoms with van der Waals surface area (Å²) in [5, 5.41) is 6.45. The highest BCUT2D eigenvalue weighted by atomic mass is 127. The molecule has 8 nitrogen and oxygen atoms in total. The molecule has 1 aromatic heterocycles. The Morgan fingerprint density at radius 2 is 1.74 bits per heavy atom. The van der Waals surface area contributed by atoms with E-state index in [1.165, 1.54) is 0 Å². The summed E-state index contributed by atoms with van der Waals surface area (Å²) >= 11 is 0. The zero-order valence-corrected chi connectivity index (χ0v) is 21.1. The maximum atomic E-state index is 12.8. The zero-order valence-electron chi connectivity index (χ0n) is 18.8. The molecule has 31 heavy (non-hydrogen) atoms. The molecule has 170 valence electrons. The summed E-state index contributed by atoms with van der Waals surface area (Å²) < 4.78 is 11.3. The molecular formula is C22H32IN5O3. The summed E-state index contributed by atoms with van der Waals surface area (Å²) in [5.41, 5.74) is 2.64. The number of guanidine groups is 1. The van der Waals surface area contributed by atoms with E-state index in [2.05, 4.69) is 20.6 Å². The zero-order chi connectivity index (χ0) is 21.7. The number of ether oxygens (including phenoxy) is 1. The summed E-state index contributed by atoms with van der Waals surface area (Å²) in [5.74, 6) is 2.15. The van der Waals surface area contributed by atoms with Crippen LogP contribution in [0, 0.1) is 13.8 Å². The number of aliphatic imine (C=N–C) groups is 1. The van der Waals surface area contributed by atoms with Crippen LogP contribution in [-0.4, -0.2) is 54.1 Å². The highest BCUT2D eigenvalue weighted by Gasteiger charge is 2.26. The number of benzene rings is 1. The van der Waals surface area contributed by atoms with E-state index >= 15 is 0 Å². The number of hydrogen-bond donors (Lipinski definition) is 2. The van der Waals surface area contributed by atoms with E-state index in [1.807, 2.05) is 56.9 Å². The van der Waals surface area contributed by atoms with Gasteiger partial charge in [-0.3, -0.25) is 9.79 Å². The number of carbonyl (C=O) groups excluding carboxylic acids is 1. The van der Waals surface area contributed by atoms with Gasteiger partial charge in [0.05, 0.1) is 24.4 Å². The molecule has 1 aromatic carbocycles. The second-order valence-corrected chi connectivity index (χ2v) is 7.69. The molecule has 1 amide bonds. The van der Waals surface area contributed by atoms with E-state index in [0.717, 1.165) is 17.0 Å². The molecular weight excluding hydrogens is 509 g/mol. The summed E-state index contributed by atoms with van der Waals surface area (Å²) in [7, 11) is 1.72. The molecule has 3 rings (SSSR count). The molecule has 9 heteroatoms. The summed E-state index contributed by atoms with van der Waals surface area (Å²) in [6, 6.07) is 7.67. The third kappa shape index (κ3) is 6.93. The summed E-state index contributed by atoms with van der Waals surface area (Å²) in [6.45, 7) is 10.1. The predicted octanol–water partition coefficient (Wildman–Crippen LogP) is 3.02. The average molecular weight is 541 g/mol. The van der Waals surface area contributed by atoms with Gasteiger partial charge in [0.25, 0.3) is 5.91 Å². The average Bonchev–Trinajstić information content (AvgIpc) is 3.04. The van der Waals surface area contributed by atoms with Gasteiger partial charge in [-0.1, -0.05) is 12.1 Å². The van der Waals surface area contributed by atoms with Gasteiger partial charge in [0.15, 0.2) is 5.96 Å². The molecule has 0 radical (unpaired) electrons. The maximum Gasteiger partial charge on any atom is 0.254 e. The van der Waals surface area contributed by atoms with Gasteiger partial charge in [0.1, 0.15) is 5.76 Å². The van der Waals surface area contributed by atoms with Crippen molar-refractivity contribution in [3.63, 3.8) is 0 Å². The van der Waals surface area contributed by atoms with Crippen molar-refractivity contribution in [1.82, 2.24) is 20.5 Å². The van der Waals surface area contributed by atoms with Crippen LogP contribution in [0.2, 0.25) is 0 Å². The highest BCUT2D eigenvalue weighted by molar-refractivity contribution is 14.0. The first-order chi connectivity index (χ1) is 14.4. The van der Waals surface area contributed by atoms with Crippen LogP contribution in [0.15, 0.2) is 33.7 Å². The lowest BCUT2D eigenvalue weighted by Gasteiger charge is -2.35. The minimum atomic E-state index is 0. The second kappa shape index (κ2) is 11.5. The van der Waals surface area contributed by atoms with E-state index in [1.54, 1.807) is 7.05 Å². The van der Waals surface area contributed by atoms with Gasteiger partial charge in [-0.2, -0.15) is 0 Å². The van der Waals surface area contributed by atoms with Crippen LogP contribution in [0.1, 0.15) is 47.1 Å². The molecule has 0 bridgehead atoms. The Labute approximate surface area is 200 Å². The van der Waals surface area contributed by atoms with E-state index in [-0.39, 0.29) is 42.1 Å². The van der Waals surface area contributed by atoms with Crippen molar-refractivity contribution in [2.45, 2.75) is 53.0 Å². The van der Waals surface area contributed by atoms with Gasteiger partial charge in [-0.25, -0.2) is 4.98 Å². The number of morpholine rings is 1. The number of amides is 1. The Kier molecular flexibility index (Phi) is 9.30. The molecule has 1 aliphatic rings. The number of aromatic nitrogens is 1. The fourth-order valence-electron chi connectivity index (χ4n) is 3.47. The Balaban J connectivity index is 0.00000341. The number of rotatable bonds is 5. The Hall–Kier alpha value is -2.14. The summed E-state index contributed by atoms with van der Waals surface area (Å²) in [6.07, 6.45) is 0.120. The summed E-state index contributed by atoms with van der Waals surface area (Å²) in [4.78, 5) is 23.2. The SMILES string of the molecule is CN=C(NCc1ccc(C(=O)N2CC(C)OC(C)C2)cc1)NCc1nc(C)c(C)o1.I. The number of nitrogens with one attached hydrogen (secondary N) is 2. The molecule has 1 fully saturated rings. The van der Waals surface area contributed by atoms with Crippen LogP contribution >= 0.6 is 24.0 Å². The number of halogens is 1. The van der Waals surface area contributed by atoms with Gasteiger partial charge in [0, 0.05) is 32.2 Å². The molecule has 2 atom stereocenters. The molecule has 1 aliphatic heterocycles. The number of carbonyl (C=O) groups is 1. The number of nitrogens with zero attached hydrogens (tertiary/aromatic N) is 3. The van der Waals surface area contributed by atoms with Crippen LogP contribution in [0.3, 0.4) is 0 Å². The highest BCUT2D eigenvalue weighted by Crippen LogP contribution is 2.15. The fourth-order valence-corrected chi connectivity index (χ4v) is 3.47. The smallest absolute Gasteiger partial charge is 0.254 e. The van der Waals surface area contributed by atoms with Gasteiger partial charge in [-0.05, 0) is 45.4 Å². The van der Waals surface area contributed by atoms with Crippen LogP contribution in [-0.2, 0) is 17.8 Å². The van der Waals surface area contributed by atoms with Crippen molar-refractivity contribution >= 4 is 35.8 Å². The lowest BCUT2D eigenvalue weighted by Crippen LogP contribution is -2.48. The van der Waals surface area contributed by atoms with Gasteiger partial charge in [-0.15, -0.1) is 24.0 Å². The van der Waals surface area contributed by atoms with Crippen molar-refractivity contribution in [2.24, 2.45) is 4.99 Å². The lowest BCUT2D eigenvalue weighted by molar-refractivity contribution is -0.0586. The monoisotopic (exact) mass is 541 g/mol. The number of hydrogen-bond acceptors (Lipinski definition) is 5. The van der Waals surface area contributed by atoms with Crippen molar-refractivity contribution in [1.29, 1.82) is 0 Å². The third-order valence-corrected chi connectivity index (χ3v) is 5.07. The van der Waals surface area contributed by atoms with E-state index < -0.39 is 0 Å². The molecule has 1 saturated heterocycles. The molecule has 2 N–H and O–H groups in total. The van der Waals surface area contributed by atoms with E-state index in [0.29, 0.717) is 43.6 Å². The first-order valence-corrected chi connectivity index (χ1v) is 10.3. The van der Waals surface area contributed by atoms with E-state index in [4.69, 9.17) is 9.15 Å². The predicted molar refractivity (Wildman–Crippen MR) is 131 cm³/mol. The van der Waals surface area contributed by atoms with Crippen LogP contribution in [0.25, 0.3) is 0 Å². The molecule has 2 aromatic rings. The molecule has 0 aliphatic carbocycles. The molecule has 2 heterocycles. The minimum Gasteiger partial charge on any atom is -0.444 e. The van der Waals surface area contributed by atoms with Crippen molar-refractivity contribution in [2.75, 3.05) is 20.1 Å². The van der Waals surface area contributed by atoms with Gasteiger partial charge < -0.3 is 24.7 Å². The standard InChI is InChI=1S/C22H31N5O3.HI/c1-14-12-27(13-15(2)29-14)21(28)19-8-6-18(7-9-19)10-24-22(23-5)25-11-20-26-16(3)17(4)30-20;/h6-9,14-15H,10-13H2,1-5H3,(H2,23,24,25);1H. The van der Waals surface area contributed by atoms with Crippen LogP contribution in [0.5, 0.6) is 0 Å². The molecule has 2 unspecified atom stereocenters. The van der Waals surface area contributed by atoms with Crippen molar-refractivity contribution in [3.8, 4) is 0 Å². The van der Waals surface area contributed by atoms with Crippen molar-refractivity contribution in [3.05, 3.63) is 52.7 Å². The number of aryl methyl sites for hydroxylation is 2. The molecule has 0 saturated carbocycles. The topological polar surface area (TPSA) is 92.0 Å². The van der Waals surface area contributed by atoms with Gasteiger partial charge >= 0.3 is 0 Å². The normalized spacial score (nSPS) is 19.0. The molecule has 0 spiro atoms. The maximum absolute atomic E-state index is 12.8. The first kappa shape index (κ1) is 25.1. The largest absolute Gasteiger partial charge is 0.444 e. The van der Waals surface area contributed by atoms with Gasteiger partial charge in [0.2, 0.25) is 5.89 Å². The van der Waals surface area contributed by atoms with E-state index in [9.17, 15) is 4.79 Å². The first-order valence-electron chi connectivity index (χ1n) is 10.3. The third-order valence-electron chi connectivity index (χ3n) is 5.07. The van der Waals surface area contributed by atoms with Crippen LogP contribution < -0.4 is 10.6 Å². The Morgan fingerprint density at radius 3 is 2.29 bits per heavy atom. The quantitative estimate of drug-likeness (QED) is 0.344.